The van der Waals surface area contributed by atoms with Crippen molar-refractivity contribution in [3.63, 3.8) is 0 Å². The van der Waals surface area contributed by atoms with Gasteiger partial charge in [-0.15, -0.1) is 0 Å². The summed E-state index contributed by atoms with van der Waals surface area (Å²) in [7, 11) is 2.18. The van der Waals surface area contributed by atoms with Gasteiger partial charge in [-0.1, -0.05) is 11.6 Å². The number of likely N-dealkylation sites (tertiary alicyclic amines) is 1. The summed E-state index contributed by atoms with van der Waals surface area (Å²) < 4.78 is 20.8. The lowest BCUT2D eigenvalue weighted by atomic mass is 9.89. The molecule has 0 amide bonds. The first kappa shape index (κ1) is 26.4. The van der Waals surface area contributed by atoms with E-state index in [1.807, 2.05) is 12.1 Å². The third kappa shape index (κ3) is 6.47. The number of rotatable bonds is 8. The molecule has 0 spiro atoms. The van der Waals surface area contributed by atoms with Crippen LogP contribution in [0.25, 0.3) is 0 Å². The largest absolute Gasteiger partial charge is 0.382 e. The van der Waals surface area contributed by atoms with E-state index in [0.29, 0.717) is 23.6 Å². The summed E-state index contributed by atoms with van der Waals surface area (Å²) in [5.74, 6) is 0.827. The van der Waals surface area contributed by atoms with Gasteiger partial charge in [-0.2, -0.15) is 5.10 Å². The highest BCUT2D eigenvalue weighted by molar-refractivity contribution is 6.32. The summed E-state index contributed by atoms with van der Waals surface area (Å²) >= 11 is 6.50. The number of hydrogen-bond acceptors (Lipinski definition) is 6. The zero-order chi connectivity index (χ0) is 25.8. The smallest absolute Gasteiger partial charge is 0.287 e. The molecule has 1 saturated carbocycles. The van der Waals surface area contributed by atoms with Gasteiger partial charge in [0.25, 0.3) is 5.56 Å². The fourth-order valence-electron chi connectivity index (χ4n) is 6.22. The molecule has 202 valence electrons. The third-order valence-electron chi connectivity index (χ3n) is 8.33. The van der Waals surface area contributed by atoms with E-state index >= 15 is 0 Å². The van der Waals surface area contributed by atoms with E-state index in [9.17, 15) is 9.18 Å². The Bertz CT molecular complexity index is 1080. The topological polar surface area (TPSA) is 62.6 Å². The Labute approximate surface area is 223 Å². The first-order valence-corrected chi connectivity index (χ1v) is 14.2. The molecule has 2 saturated heterocycles. The molecule has 1 aliphatic carbocycles. The van der Waals surface area contributed by atoms with E-state index in [1.165, 1.54) is 6.42 Å². The standard InChI is InChI=1S/C28H39ClFN5O2/c1-33-13-12-21(17-33)18-34(23-6-4-22(30)5-7-23)24-8-10-25(11-9-24)35-28(36)27(29)26(16-32-35)31-15-20-3-2-14-37-19-20/h4-7,16,20-21,24-25,31H,2-3,8-15,17-19H2,1H3/t20-,21-,24-,25+/m0/s1. The monoisotopic (exact) mass is 531 g/mol. The number of halogens is 2. The Hall–Kier alpha value is -2.16. The number of nitrogens with one attached hydrogen (secondary N) is 1. The zero-order valence-electron chi connectivity index (χ0n) is 21.7. The predicted octanol–water partition coefficient (Wildman–Crippen LogP) is 4.82. The van der Waals surface area contributed by atoms with Crippen LogP contribution in [0.5, 0.6) is 0 Å². The highest BCUT2D eigenvalue weighted by Crippen LogP contribution is 2.34. The molecule has 1 aromatic carbocycles. The van der Waals surface area contributed by atoms with Crippen molar-refractivity contribution in [1.82, 2.24) is 14.7 Å². The Morgan fingerprint density at radius 2 is 1.92 bits per heavy atom. The van der Waals surface area contributed by atoms with Crippen LogP contribution in [0.2, 0.25) is 5.02 Å². The average Bonchev–Trinajstić information content (AvgIpc) is 3.34. The molecular formula is C28H39ClFN5O2. The van der Waals surface area contributed by atoms with Gasteiger partial charge in [-0.3, -0.25) is 4.79 Å². The van der Waals surface area contributed by atoms with E-state index in [-0.39, 0.29) is 22.4 Å². The molecular weight excluding hydrogens is 493 g/mol. The lowest BCUT2D eigenvalue weighted by Gasteiger charge is -2.40. The zero-order valence-corrected chi connectivity index (χ0v) is 22.5. The van der Waals surface area contributed by atoms with Crippen molar-refractivity contribution in [1.29, 1.82) is 0 Å². The van der Waals surface area contributed by atoms with Crippen LogP contribution in [0, 0.1) is 17.7 Å². The molecule has 0 radical (unpaired) electrons. The normalized spacial score (nSPS) is 26.8. The molecule has 2 aliphatic heterocycles. The summed E-state index contributed by atoms with van der Waals surface area (Å²) in [6.07, 6.45) is 8.71. The fraction of sp³-hybridized carbons (Fsp3) is 0.643. The van der Waals surface area contributed by atoms with Crippen LogP contribution in [-0.4, -0.2) is 67.2 Å². The van der Waals surface area contributed by atoms with Gasteiger partial charge in [-0.25, -0.2) is 9.07 Å². The fourth-order valence-corrected chi connectivity index (χ4v) is 6.42. The van der Waals surface area contributed by atoms with Crippen LogP contribution >= 0.6 is 11.6 Å². The molecule has 7 nitrogen and oxygen atoms in total. The lowest BCUT2D eigenvalue weighted by Crippen LogP contribution is -2.43. The second-order valence-electron chi connectivity index (χ2n) is 11.1. The van der Waals surface area contributed by atoms with Gasteiger partial charge in [0.1, 0.15) is 10.8 Å². The van der Waals surface area contributed by atoms with Crippen molar-refractivity contribution in [2.45, 2.75) is 57.0 Å². The Kier molecular flexibility index (Phi) is 8.67. The first-order valence-electron chi connectivity index (χ1n) is 13.8. The Morgan fingerprint density at radius 3 is 2.59 bits per heavy atom. The van der Waals surface area contributed by atoms with E-state index in [2.05, 4.69) is 27.3 Å². The molecule has 2 aromatic rings. The molecule has 1 aromatic heterocycles. The van der Waals surface area contributed by atoms with Crippen LogP contribution in [0.3, 0.4) is 0 Å². The summed E-state index contributed by atoms with van der Waals surface area (Å²) in [5.41, 5.74) is 1.46. The van der Waals surface area contributed by atoms with Crippen molar-refractivity contribution in [3.05, 3.63) is 51.7 Å². The molecule has 37 heavy (non-hydrogen) atoms. The molecule has 5 rings (SSSR count). The summed E-state index contributed by atoms with van der Waals surface area (Å²) in [6, 6.07) is 7.30. The lowest BCUT2D eigenvalue weighted by molar-refractivity contribution is 0.0595. The Morgan fingerprint density at radius 1 is 1.14 bits per heavy atom. The van der Waals surface area contributed by atoms with Gasteiger partial charge in [0.05, 0.1) is 24.5 Å². The number of nitrogens with zero attached hydrogens (tertiary/aromatic N) is 4. The molecule has 3 heterocycles. The van der Waals surface area contributed by atoms with E-state index in [0.717, 1.165) is 83.6 Å². The van der Waals surface area contributed by atoms with Crippen molar-refractivity contribution in [2.75, 3.05) is 56.7 Å². The molecule has 3 aliphatic rings. The van der Waals surface area contributed by atoms with Gasteiger partial charge in [0, 0.05) is 38.0 Å². The maximum atomic E-state index is 13.6. The average molecular weight is 532 g/mol. The van der Waals surface area contributed by atoms with Crippen LogP contribution in [-0.2, 0) is 4.74 Å². The van der Waals surface area contributed by atoms with Crippen molar-refractivity contribution in [2.24, 2.45) is 11.8 Å². The number of ether oxygens (including phenoxy) is 1. The van der Waals surface area contributed by atoms with Gasteiger partial charge in [0.15, 0.2) is 0 Å². The van der Waals surface area contributed by atoms with Crippen LogP contribution in [0.1, 0.15) is 51.0 Å². The molecule has 2 atom stereocenters. The highest BCUT2D eigenvalue weighted by Gasteiger charge is 2.31. The van der Waals surface area contributed by atoms with Gasteiger partial charge in [-0.05, 0) is 94.6 Å². The summed E-state index contributed by atoms with van der Waals surface area (Å²) in [6.45, 7) is 5.50. The number of hydrogen-bond donors (Lipinski definition) is 1. The van der Waals surface area contributed by atoms with Crippen molar-refractivity contribution < 1.29 is 9.13 Å². The Balaban J connectivity index is 1.23. The van der Waals surface area contributed by atoms with E-state index in [4.69, 9.17) is 16.3 Å². The SMILES string of the molecule is CN1CC[C@H](CN(c2ccc(F)cc2)[C@H]2CC[C@@H](n3ncc(NC[C@@H]4CCCOC4)c(Cl)c3=O)CC2)C1. The molecule has 9 heteroatoms. The van der Waals surface area contributed by atoms with Crippen LogP contribution in [0.4, 0.5) is 15.8 Å². The van der Waals surface area contributed by atoms with Crippen molar-refractivity contribution in [3.8, 4) is 0 Å². The van der Waals surface area contributed by atoms with Crippen LogP contribution < -0.4 is 15.8 Å². The molecule has 0 bridgehead atoms. The van der Waals surface area contributed by atoms with Crippen LogP contribution in [0.15, 0.2) is 35.3 Å². The first-order chi connectivity index (χ1) is 18.0. The predicted molar refractivity (Wildman–Crippen MR) is 146 cm³/mol. The van der Waals surface area contributed by atoms with Gasteiger partial charge < -0.3 is 19.9 Å². The quantitative estimate of drug-likeness (QED) is 0.527. The highest BCUT2D eigenvalue weighted by atomic mass is 35.5. The van der Waals surface area contributed by atoms with E-state index < -0.39 is 0 Å². The minimum atomic E-state index is -0.223. The summed E-state index contributed by atoms with van der Waals surface area (Å²) in [5, 5.41) is 8.05. The molecule has 1 N–H and O–H groups in total. The number of anilines is 2. The third-order valence-corrected chi connectivity index (χ3v) is 8.70. The maximum absolute atomic E-state index is 13.6. The second-order valence-corrected chi connectivity index (χ2v) is 11.5. The number of aromatic nitrogens is 2. The number of benzene rings is 1. The minimum absolute atomic E-state index is 0.0368. The second kappa shape index (κ2) is 12.1. The van der Waals surface area contributed by atoms with Crippen molar-refractivity contribution >= 4 is 23.0 Å². The van der Waals surface area contributed by atoms with Gasteiger partial charge in [0.2, 0.25) is 0 Å². The maximum Gasteiger partial charge on any atom is 0.287 e. The minimum Gasteiger partial charge on any atom is -0.382 e. The van der Waals surface area contributed by atoms with E-state index in [1.54, 1.807) is 23.0 Å². The van der Waals surface area contributed by atoms with Gasteiger partial charge >= 0.3 is 0 Å². The summed E-state index contributed by atoms with van der Waals surface area (Å²) in [4.78, 5) is 18.0. The molecule has 3 fully saturated rings. The molecule has 0 unspecified atom stereocenters.